The molecule has 9 nitrogen and oxygen atoms in total. The van der Waals surface area contributed by atoms with E-state index < -0.39 is 21.9 Å². The van der Waals surface area contributed by atoms with Crippen molar-refractivity contribution in [1.82, 2.24) is 19.2 Å². The van der Waals surface area contributed by atoms with Crippen molar-refractivity contribution in [3.8, 4) is 0 Å². The summed E-state index contributed by atoms with van der Waals surface area (Å²) in [5.74, 6) is -1.20. The topological polar surface area (TPSA) is 119 Å². The molecule has 152 valence electrons. The largest absolute Gasteiger partial charge is 0.458 e. The third-order valence-electron chi connectivity index (χ3n) is 3.73. The lowest BCUT2D eigenvalue weighted by Crippen LogP contribution is -2.31. The summed E-state index contributed by atoms with van der Waals surface area (Å²) in [4.78, 5) is 23.9. The van der Waals surface area contributed by atoms with Gasteiger partial charge in [-0.15, -0.1) is 5.10 Å². The number of benzene rings is 1. The maximum absolute atomic E-state index is 12.4. The molecular formula is C16H19ClN4O5S2. The van der Waals surface area contributed by atoms with Crippen LogP contribution in [0.5, 0.6) is 0 Å². The Kier molecular flexibility index (Phi) is 7.87. The molecule has 0 saturated carbocycles. The van der Waals surface area contributed by atoms with Crippen molar-refractivity contribution >= 4 is 45.0 Å². The van der Waals surface area contributed by atoms with E-state index in [4.69, 9.17) is 16.3 Å². The van der Waals surface area contributed by atoms with E-state index >= 15 is 0 Å². The highest BCUT2D eigenvalue weighted by Gasteiger charge is 2.21. The van der Waals surface area contributed by atoms with E-state index in [0.717, 1.165) is 11.5 Å². The van der Waals surface area contributed by atoms with E-state index in [2.05, 4.69) is 14.9 Å². The molecule has 0 aliphatic heterocycles. The lowest BCUT2D eigenvalue weighted by molar-refractivity contribution is -0.143. The summed E-state index contributed by atoms with van der Waals surface area (Å²) in [7, 11) is -3.60. The third-order valence-corrected chi connectivity index (χ3v) is 6.78. The second-order valence-corrected chi connectivity index (χ2v) is 8.74. The number of rotatable bonds is 9. The van der Waals surface area contributed by atoms with Gasteiger partial charge in [-0.2, -0.15) is 4.31 Å². The first kappa shape index (κ1) is 22.2. The molecule has 1 amide bonds. The van der Waals surface area contributed by atoms with Crippen LogP contribution in [0.4, 0.5) is 0 Å². The van der Waals surface area contributed by atoms with Gasteiger partial charge in [-0.05, 0) is 24.3 Å². The molecule has 1 N–H and O–H groups in total. The first-order chi connectivity index (χ1) is 13.3. The molecule has 28 heavy (non-hydrogen) atoms. The van der Waals surface area contributed by atoms with Crippen LogP contribution in [0.1, 0.15) is 29.9 Å². The Bertz CT molecular complexity index is 927. The van der Waals surface area contributed by atoms with E-state index in [0.29, 0.717) is 23.1 Å². The first-order valence-corrected chi connectivity index (χ1v) is 10.9. The number of halogens is 1. The number of sulfonamides is 1. The van der Waals surface area contributed by atoms with E-state index in [1.165, 1.54) is 28.6 Å². The smallest absolute Gasteiger partial charge is 0.325 e. The molecule has 0 bridgehead atoms. The van der Waals surface area contributed by atoms with Crippen molar-refractivity contribution in [1.29, 1.82) is 0 Å². The van der Waals surface area contributed by atoms with Crippen molar-refractivity contribution in [3.63, 3.8) is 0 Å². The van der Waals surface area contributed by atoms with Gasteiger partial charge in [-0.25, -0.2) is 8.42 Å². The van der Waals surface area contributed by atoms with Crippen LogP contribution < -0.4 is 5.32 Å². The van der Waals surface area contributed by atoms with E-state index in [-0.39, 0.29) is 23.6 Å². The average Bonchev–Trinajstić information content (AvgIpc) is 3.10. The minimum atomic E-state index is -3.60. The molecule has 2 aromatic rings. The summed E-state index contributed by atoms with van der Waals surface area (Å²) in [5, 5.41) is 6.11. The molecule has 12 heteroatoms. The van der Waals surface area contributed by atoms with Crippen LogP contribution in [0.15, 0.2) is 29.2 Å². The van der Waals surface area contributed by atoms with E-state index in [1.807, 2.05) is 0 Å². The van der Waals surface area contributed by atoms with Gasteiger partial charge in [0.1, 0.15) is 23.2 Å². The molecule has 0 aliphatic rings. The molecule has 0 unspecified atom stereocenters. The fraction of sp³-hybridized carbons (Fsp3) is 0.375. The highest BCUT2D eigenvalue weighted by atomic mass is 35.5. The number of esters is 1. The summed E-state index contributed by atoms with van der Waals surface area (Å²) in [5.41, 5.74) is 0.564. The monoisotopic (exact) mass is 446 g/mol. The Balaban J connectivity index is 1.90. The predicted octanol–water partition coefficient (Wildman–Crippen LogP) is 1.70. The highest BCUT2D eigenvalue weighted by Crippen LogP contribution is 2.18. The number of nitrogens with zero attached hydrogens (tertiary/aromatic N) is 3. The van der Waals surface area contributed by atoms with Crippen LogP contribution in [0.3, 0.4) is 0 Å². The molecule has 0 fully saturated rings. The number of carbonyl (C=O) groups is 2. The zero-order chi connectivity index (χ0) is 20.7. The van der Waals surface area contributed by atoms with Gasteiger partial charge in [0, 0.05) is 30.2 Å². The first-order valence-electron chi connectivity index (χ1n) is 8.30. The second-order valence-electron chi connectivity index (χ2n) is 5.45. The molecule has 2 rings (SSSR count). The summed E-state index contributed by atoms with van der Waals surface area (Å²) in [6, 6.07) is 5.49. The van der Waals surface area contributed by atoms with Crippen LogP contribution in [-0.2, 0) is 26.2 Å². The molecule has 1 aromatic heterocycles. The van der Waals surface area contributed by atoms with E-state index in [1.54, 1.807) is 13.8 Å². The minimum Gasteiger partial charge on any atom is -0.458 e. The number of amides is 1. The molecule has 1 aromatic carbocycles. The predicted molar refractivity (Wildman–Crippen MR) is 104 cm³/mol. The Hall–Kier alpha value is -2.08. The Labute approximate surface area is 171 Å². The van der Waals surface area contributed by atoms with Crippen LogP contribution in [-0.4, -0.2) is 53.8 Å². The molecule has 0 spiro atoms. The maximum Gasteiger partial charge on any atom is 0.325 e. The van der Waals surface area contributed by atoms with Gasteiger partial charge in [0.15, 0.2) is 0 Å². The number of nitrogens with one attached hydrogen (secondary N) is 1. The fourth-order valence-corrected chi connectivity index (χ4v) is 4.29. The Morgan fingerprint density at radius 1 is 1.21 bits per heavy atom. The van der Waals surface area contributed by atoms with Crippen molar-refractivity contribution < 1.29 is 22.7 Å². The maximum atomic E-state index is 12.4. The fourth-order valence-electron chi connectivity index (χ4n) is 2.23. The summed E-state index contributed by atoms with van der Waals surface area (Å²) < 4.78 is 35.1. The number of hydrogen-bond acceptors (Lipinski definition) is 8. The van der Waals surface area contributed by atoms with Gasteiger partial charge >= 0.3 is 5.97 Å². The summed E-state index contributed by atoms with van der Waals surface area (Å²) >= 11 is 6.78. The second kappa shape index (κ2) is 9.92. The SMILES string of the molecule is CCN(CC)S(=O)(=O)c1ccc(C(=O)NCC(=O)OCc2nnsc2Cl)cc1. The van der Waals surface area contributed by atoms with Gasteiger partial charge < -0.3 is 10.1 Å². The standard InChI is InChI=1S/C16H19ClN4O5S2/c1-3-21(4-2)28(24,25)12-7-5-11(6-8-12)16(23)18-9-14(22)26-10-13-15(17)27-20-19-13/h5-8H,3-4,9-10H2,1-2H3,(H,18,23). The van der Waals surface area contributed by atoms with E-state index in [9.17, 15) is 18.0 Å². The lowest BCUT2D eigenvalue weighted by atomic mass is 10.2. The highest BCUT2D eigenvalue weighted by molar-refractivity contribution is 7.89. The van der Waals surface area contributed by atoms with Crippen molar-refractivity contribution in [2.24, 2.45) is 0 Å². The van der Waals surface area contributed by atoms with Crippen molar-refractivity contribution in [2.75, 3.05) is 19.6 Å². The van der Waals surface area contributed by atoms with Gasteiger partial charge in [0.25, 0.3) is 5.91 Å². The van der Waals surface area contributed by atoms with Gasteiger partial charge in [-0.1, -0.05) is 29.9 Å². The third kappa shape index (κ3) is 5.47. The van der Waals surface area contributed by atoms with Crippen LogP contribution in [0.25, 0.3) is 0 Å². The quantitative estimate of drug-likeness (QED) is 0.582. The zero-order valence-corrected chi connectivity index (χ0v) is 17.6. The summed E-state index contributed by atoms with van der Waals surface area (Å²) in [6.45, 7) is 3.72. The van der Waals surface area contributed by atoms with Gasteiger partial charge in [0.2, 0.25) is 10.0 Å². The Morgan fingerprint density at radius 3 is 2.39 bits per heavy atom. The van der Waals surface area contributed by atoms with Crippen LogP contribution in [0.2, 0.25) is 4.34 Å². The number of hydrogen-bond donors (Lipinski definition) is 1. The van der Waals surface area contributed by atoms with Crippen molar-refractivity contribution in [3.05, 3.63) is 39.9 Å². The lowest BCUT2D eigenvalue weighted by Gasteiger charge is -2.18. The molecular weight excluding hydrogens is 428 g/mol. The van der Waals surface area contributed by atoms with Gasteiger partial charge in [0.05, 0.1) is 4.90 Å². The summed E-state index contributed by atoms with van der Waals surface area (Å²) in [6.07, 6.45) is 0. The Morgan fingerprint density at radius 2 is 1.86 bits per heavy atom. The minimum absolute atomic E-state index is 0.0981. The molecule has 0 saturated heterocycles. The molecule has 0 aliphatic carbocycles. The zero-order valence-electron chi connectivity index (χ0n) is 15.2. The molecule has 0 atom stereocenters. The average molecular weight is 447 g/mol. The van der Waals surface area contributed by atoms with Crippen LogP contribution >= 0.6 is 23.1 Å². The normalized spacial score (nSPS) is 11.4. The molecule has 0 radical (unpaired) electrons. The number of ether oxygens (including phenoxy) is 1. The van der Waals surface area contributed by atoms with Gasteiger partial charge in [-0.3, -0.25) is 9.59 Å². The van der Waals surface area contributed by atoms with Crippen LogP contribution in [0, 0.1) is 0 Å². The van der Waals surface area contributed by atoms with Crippen molar-refractivity contribution in [2.45, 2.75) is 25.3 Å². The number of aromatic nitrogens is 2. The molecule has 1 heterocycles. The number of carbonyl (C=O) groups excluding carboxylic acids is 2.